The molecule has 0 bridgehead atoms. The quantitative estimate of drug-likeness (QED) is 0.909. The molecule has 0 aromatic carbocycles. The zero-order valence-electron chi connectivity index (χ0n) is 13.1. The van der Waals surface area contributed by atoms with E-state index in [9.17, 15) is 0 Å². The number of imidazole rings is 1. The van der Waals surface area contributed by atoms with Gasteiger partial charge >= 0.3 is 0 Å². The summed E-state index contributed by atoms with van der Waals surface area (Å²) in [6.07, 6.45) is 3.92. The van der Waals surface area contributed by atoms with Crippen LogP contribution in [0.25, 0.3) is 0 Å². The van der Waals surface area contributed by atoms with Crippen molar-refractivity contribution in [2.24, 2.45) is 11.7 Å². The average molecular weight is 291 g/mol. The Morgan fingerprint density at radius 3 is 2.50 bits per heavy atom. The molecule has 2 aromatic heterocycles. The molecule has 0 radical (unpaired) electrons. The van der Waals surface area contributed by atoms with Gasteiger partial charge in [0.15, 0.2) is 0 Å². The lowest BCUT2D eigenvalue weighted by atomic mass is 9.92. The summed E-state index contributed by atoms with van der Waals surface area (Å²) in [4.78, 5) is 7.13. The van der Waals surface area contributed by atoms with Crippen molar-refractivity contribution in [3.8, 4) is 0 Å². The summed E-state index contributed by atoms with van der Waals surface area (Å²) in [5, 5.41) is 0. The fourth-order valence-electron chi connectivity index (χ4n) is 2.88. The third kappa shape index (κ3) is 2.81. The van der Waals surface area contributed by atoms with Crippen LogP contribution in [0.2, 0.25) is 0 Å². The third-order valence-corrected chi connectivity index (χ3v) is 5.06. The molecule has 0 aliphatic heterocycles. The first-order chi connectivity index (χ1) is 9.45. The maximum atomic E-state index is 5.97. The summed E-state index contributed by atoms with van der Waals surface area (Å²) >= 11 is 1.86. The van der Waals surface area contributed by atoms with Gasteiger partial charge in [-0.3, -0.25) is 0 Å². The van der Waals surface area contributed by atoms with E-state index in [1.165, 1.54) is 21.0 Å². The highest BCUT2D eigenvalue weighted by molar-refractivity contribution is 7.12. The number of aryl methyl sites for hydroxylation is 2. The van der Waals surface area contributed by atoms with Crippen LogP contribution in [-0.2, 0) is 0 Å². The van der Waals surface area contributed by atoms with Gasteiger partial charge < -0.3 is 10.3 Å². The molecule has 0 aliphatic carbocycles. The van der Waals surface area contributed by atoms with E-state index in [1.807, 2.05) is 23.9 Å². The van der Waals surface area contributed by atoms with Crippen molar-refractivity contribution in [1.82, 2.24) is 9.55 Å². The van der Waals surface area contributed by atoms with E-state index < -0.39 is 0 Å². The Labute approximate surface area is 125 Å². The Hall–Kier alpha value is -1.13. The van der Waals surface area contributed by atoms with Gasteiger partial charge in [-0.1, -0.05) is 13.8 Å². The van der Waals surface area contributed by atoms with E-state index in [4.69, 9.17) is 5.73 Å². The maximum Gasteiger partial charge on any atom is 0.0953 e. The molecule has 3 nitrogen and oxygen atoms in total. The minimum Gasteiger partial charge on any atom is -0.330 e. The van der Waals surface area contributed by atoms with Gasteiger partial charge in [-0.2, -0.15) is 0 Å². The van der Waals surface area contributed by atoms with Crippen LogP contribution >= 0.6 is 11.3 Å². The van der Waals surface area contributed by atoms with E-state index in [2.05, 4.69) is 50.2 Å². The van der Waals surface area contributed by atoms with E-state index >= 15 is 0 Å². The largest absolute Gasteiger partial charge is 0.330 e. The summed E-state index contributed by atoms with van der Waals surface area (Å²) < 4.78 is 2.28. The second-order valence-corrected chi connectivity index (χ2v) is 7.32. The maximum absolute atomic E-state index is 5.97. The van der Waals surface area contributed by atoms with E-state index in [0.717, 1.165) is 0 Å². The van der Waals surface area contributed by atoms with Gasteiger partial charge in [0.05, 0.1) is 12.4 Å². The van der Waals surface area contributed by atoms with E-state index in [-0.39, 0.29) is 0 Å². The Morgan fingerprint density at radius 1 is 1.30 bits per heavy atom. The number of rotatable bonds is 5. The van der Waals surface area contributed by atoms with Crippen LogP contribution in [0.5, 0.6) is 0 Å². The molecule has 2 unspecified atom stereocenters. The number of hydrogen-bond acceptors (Lipinski definition) is 3. The molecule has 0 fully saturated rings. The molecule has 0 amide bonds. The van der Waals surface area contributed by atoms with Crippen LogP contribution in [0.1, 0.15) is 53.7 Å². The highest BCUT2D eigenvalue weighted by Gasteiger charge is 2.22. The molecule has 4 heteroatoms. The lowest BCUT2D eigenvalue weighted by molar-refractivity contribution is 0.463. The summed E-state index contributed by atoms with van der Waals surface area (Å²) in [7, 11) is 0. The highest BCUT2D eigenvalue weighted by Crippen LogP contribution is 2.32. The number of hydrogen-bond donors (Lipinski definition) is 1. The molecule has 2 atom stereocenters. The van der Waals surface area contributed by atoms with Gasteiger partial charge in [-0.05, 0) is 38.3 Å². The summed E-state index contributed by atoms with van der Waals surface area (Å²) in [6.45, 7) is 11.7. The fourth-order valence-corrected chi connectivity index (χ4v) is 3.89. The van der Waals surface area contributed by atoms with Crippen molar-refractivity contribution >= 4 is 11.3 Å². The molecule has 2 rings (SSSR count). The van der Waals surface area contributed by atoms with E-state index in [1.54, 1.807) is 0 Å². The third-order valence-electron chi connectivity index (χ3n) is 4.08. The summed E-state index contributed by atoms with van der Waals surface area (Å²) in [5.74, 6) is 0.882. The molecule has 2 N–H and O–H groups in total. The van der Waals surface area contributed by atoms with Gasteiger partial charge in [-0.15, -0.1) is 11.3 Å². The predicted molar refractivity (Wildman–Crippen MR) is 86.5 cm³/mol. The molecular formula is C16H25N3S. The van der Waals surface area contributed by atoms with E-state index in [0.29, 0.717) is 24.4 Å². The second-order valence-electron chi connectivity index (χ2n) is 5.86. The SMILES string of the molecule is Cc1cc(C(C)n2cncc2C(CN)C(C)C)c(C)s1. The van der Waals surface area contributed by atoms with Gasteiger partial charge in [0.1, 0.15) is 0 Å². The molecule has 0 aliphatic rings. The van der Waals surface area contributed by atoms with Crippen molar-refractivity contribution in [2.45, 2.75) is 46.6 Å². The number of nitrogens with two attached hydrogens (primary N) is 1. The average Bonchev–Trinajstić information content (AvgIpc) is 2.96. The molecule has 0 saturated carbocycles. The Bertz CT molecular complexity index is 568. The molecule has 20 heavy (non-hydrogen) atoms. The summed E-state index contributed by atoms with van der Waals surface area (Å²) in [5.41, 5.74) is 8.61. The second kappa shape index (κ2) is 6.10. The zero-order chi connectivity index (χ0) is 14.9. The smallest absolute Gasteiger partial charge is 0.0953 e. The Kier molecular flexibility index (Phi) is 4.66. The first kappa shape index (κ1) is 15.3. The van der Waals surface area contributed by atoms with Crippen molar-refractivity contribution < 1.29 is 0 Å². The summed E-state index contributed by atoms with van der Waals surface area (Å²) in [6, 6.07) is 2.60. The van der Waals surface area contributed by atoms with Crippen molar-refractivity contribution in [3.05, 3.63) is 39.6 Å². The van der Waals surface area contributed by atoms with Gasteiger partial charge in [-0.25, -0.2) is 4.98 Å². The van der Waals surface area contributed by atoms with Gasteiger partial charge in [0.2, 0.25) is 0 Å². The predicted octanol–water partition coefficient (Wildman–Crippen LogP) is 3.87. The normalized spacial score (nSPS) is 14.8. The number of thiophene rings is 1. The van der Waals surface area contributed by atoms with Crippen LogP contribution in [0.3, 0.4) is 0 Å². The van der Waals surface area contributed by atoms with Crippen molar-refractivity contribution in [1.29, 1.82) is 0 Å². The van der Waals surface area contributed by atoms with Crippen LogP contribution in [0.4, 0.5) is 0 Å². The standard InChI is InChI=1S/C16H25N3S/c1-10(2)15(7-17)16-8-18-9-19(16)12(4)14-6-11(3)20-13(14)5/h6,8-10,12,15H,7,17H2,1-5H3. The molecule has 2 heterocycles. The molecule has 110 valence electrons. The molecular weight excluding hydrogens is 266 g/mol. The van der Waals surface area contributed by atoms with Crippen molar-refractivity contribution in [2.75, 3.05) is 6.54 Å². The first-order valence-corrected chi connectivity index (χ1v) is 8.06. The first-order valence-electron chi connectivity index (χ1n) is 7.24. The number of nitrogens with zero attached hydrogens (tertiary/aromatic N) is 2. The Morgan fingerprint density at radius 2 is 2.00 bits per heavy atom. The highest BCUT2D eigenvalue weighted by atomic mass is 32.1. The zero-order valence-corrected chi connectivity index (χ0v) is 13.9. The van der Waals surface area contributed by atoms with Gasteiger partial charge in [0.25, 0.3) is 0 Å². The topological polar surface area (TPSA) is 43.8 Å². The van der Waals surface area contributed by atoms with Gasteiger partial charge in [0, 0.05) is 34.1 Å². The van der Waals surface area contributed by atoms with Crippen LogP contribution < -0.4 is 5.73 Å². The Balaban J connectivity index is 2.39. The molecule has 2 aromatic rings. The molecule has 0 spiro atoms. The number of aromatic nitrogens is 2. The minimum absolute atomic E-state index is 0.310. The fraction of sp³-hybridized carbons (Fsp3) is 0.562. The monoisotopic (exact) mass is 291 g/mol. The van der Waals surface area contributed by atoms with Crippen LogP contribution in [0, 0.1) is 19.8 Å². The lowest BCUT2D eigenvalue weighted by Crippen LogP contribution is -2.22. The molecule has 0 saturated heterocycles. The minimum atomic E-state index is 0.310. The van der Waals surface area contributed by atoms with Crippen LogP contribution in [0.15, 0.2) is 18.6 Å². The van der Waals surface area contributed by atoms with Crippen molar-refractivity contribution in [3.63, 3.8) is 0 Å². The van der Waals surface area contributed by atoms with Crippen LogP contribution in [-0.4, -0.2) is 16.1 Å². The lowest BCUT2D eigenvalue weighted by Gasteiger charge is -2.24.